The summed E-state index contributed by atoms with van der Waals surface area (Å²) in [5, 5.41) is 11.5. The van der Waals surface area contributed by atoms with E-state index in [1.807, 2.05) is 32.5 Å². The first kappa shape index (κ1) is 14.8. The van der Waals surface area contributed by atoms with Crippen LogP contribution in [0.3, 0.4) is 0 Å². The van der Waals surface area contributed by atoms with Crippen molar-refractivity contribution < 1.29 is 4.79 Å². The van der Waals surface area contributed by atoms with Crippen LogP contribution in [0.1, 0.15) is 22.6 Å². The molecule has 0 unspecified atom stereocenters. The van der Waals surface area contributed by atoms with Crippen LogP contribution in [0, 0.1) is 20.8 Å². The summed E-state index contributed by atoms with van der Waals surface area (Å²) in [6, 6.07) is 0. The van der Waals surface area contributed by atoms with Crippen molar-refractivity contribution in [3.05, 3.63) is 33.3 Å². The van der Waals surface area contributed by atoms with E-state index in [1.165, 1.54) is 0 Å². The minimum Gasteiger partial charge on any atom is -0.350 e. The van der Waals surface area contributed by atoms with E-state index in [-0.39, 0.29) is 12.5 Å². The molecule has 0 aliphatic carbocycles. The van der Waals surface area contributed by atoms with Gasteiger partial charge in [-0.3, -0.25) is 14.2 Å². The highest BCUT2D eigenvalue weighted by molar-refractivity contribution is 9.10. The van der Waals surface area contributed by atoms with Gasteiger partial charge in [0, 0.05) is 31.0 Å². The zero-order valence-corrected chi connectivity index (χ0v) is 13.7. The number of carbonyl (C=O) groups excluding carboxylic acids is 1. The summed E-state index contributed by atoms with van der Waals surface area (Å²) in [6.45, 7) is 6.54. The molecule has 0 spiro atoms. The van der Waals surface area contributed by atoms with Crippen LogP contribution in [0.4, 0.5) is 0 Å². The number of hydrogen-bond acceptors (Lipinski definition) is 3. The first-order chi connectivity index (χ1) is 9.38. The van der Waals surface area contributed by atoms with E-state index in [9.17, 15) is 4.79 Å². The molecule has 6 nitrogen and oxygen atoms in total. The van der Waals surface area contributed by atoms with Crippen molar-refractivity contribution in [1.29, 1.82) is 0 Å². The van der Waals surface area contributed by atoms with Crippen molar-refractivity contribution in [1.82, 2.24) is 24.9 Å². The standard InChI is InChI=1S/C13H18BrN5O/c1-8-11(10(3)18(4)16-8)5-15-13(20)7-19-6-12(14)9(2)17-19/h6H,5,7H2,1-4H3,(H,15,20). The number of hydrogen-bond donors (Lipinski definition) is 1. The summed E-state index contributed by atoms with van der Waals surface area (Å²) >= 11 is 3.38. The Kier molecular flexibility index (Phi) is 4.27. The number of halogens is 1. The highest BCUT2D eigenvalue weighted by Crippen LogP contribution is 2.13. The Morgan fingerprint density at radius 2 is 2.00 bits per heavy atom. The van der Waals surface area contributed by atoms with Gasteiger partial charge in [-0.15, -0.1) is 0 Å². The smallest absolute Gasteiger partial charge is 0.242 e. The first-order valence-electron chi connectivity index (χ1n) is 6.33. The van der Waals surface area contributed by atoms with E-state index in [0.29, 0.717) is 6.54 Å². The molecule has 0 radical (unpaired) electrons. The molecule has 2 heterocycles. The molecule has 0 saturated carbocycles. The SMILES string of the molecule is Cc1nn(CC(=O)NCc2c(C)nn(C)c2C)cc1Br. The zero-order chi connectivity index (χ0) is 14.9. The maximum atomic E-state index is 11.9. The molecule has 0 bridgehead atoms. The lowest BCUT2D eigenvalue weighted by Gasteiger charge is -2.06. The van der Waals surface area contributed by atoms with Crippen LogP contribution < -0.4 is 5.32 Å². The van der Waals surface area contributed by atoms with Crippen molar-refractivity contribution in [2.24, 2.45) is 7.05 Å². The minimum atomic E-state index is -0.0670. The predicted octanol–water partition coefficient (Wildman–Crippen LogP) is 1.62. The molecule has 0 saturated heterocycles. The molecule has 2 rings (SSSR count). The highest BCUT2D eigenvalue weighted by atomic mass is 79.9. The second kappa shape index (κ2) is 5.78. The Morgan fingerprint density at radius 1 is 1.30 bits per heavy atom. The van der Waals surface area contributed by atoms with E-state index in [0.717, 1.165) is 27.1 Å². The Hall–Kier alpha value is -1.63. The molecule has 20 heavy (non-hydrogen) atoms. The van der Waals surface area contributed by atoms with Gasteiger partial charge in [-0.1, -0.05) is 0 Å². The van der Waals surface area contributed by atoms with Crippen molar-refractivity contribution in [2.75, 3.05) is 0 Å². The van der Waals surface area contributed by atoms with Crippen LogP contribution in [-0.4, -0.2) is 25.5 Å². The maximum absolute atomic E-state index is 11.9. The molecule has 0 aliphatic heterocycles. The molecule has 2 aromatic rings. The molecular weight excluding hydrogens is 322 g/mol. The Balaban J connectivity index is 1.95. The van der Waals surface area contributed by atoms with Crippen molar-refractivity contribution in [3.63, 3.8) is 0 Å². The van der Waals surface area contributed by atoms with Crippen molar-refractivity contribution in [2.45, 2.75) is 33.9 Å². The van der Waals surface area contributed by atoms with Crippen molar-refractivity contribution in [3.8, 4) is 0 Å². The third-order valence-electron chi connectivity index (χ3n) is 3.31. The molecule has 1 amide bonds. The topological polar surface area (TPSA) is 64.7 Å². The van der Waals surface area contributed by atoms with Crippen LogP contribution in [0.5, 0.6) is 0 Å². The summed E-state index contributed by atoms with van der Waals surface area (Å²) < 4.78 is 4.35. The molecule has 7 heteroatoms. The summed E-state index contributed by atoms with van der Waals surface area (Å²) in [6.07, 6.45) is 1.80. The molecule has 1 N–H and O–H groups in total. The number of aryl methyl sites for hydroxylation is 3. The Morgan fingerprint density at radius 3 is 2.50 bits per heavy atom. The summed E-state index contributed by atoms with van der Waals surface area (Å²) in [5.74, 6) is -0.0670. The van der Waals surface area contributed by atoms with Gasteiger partial charge < -0.3 is 5.32 Å². The van der Waals surface area contributed by atoms with Crippen molar-refractivity contribution >= 4 is 21.8 Å². The van der Waals surface area contributed by atoms with Crippen LogP contribution in [0.25, 0.3) is 0 Å². The summed E-state index contributed by atoms with van der Waals surface area (Å²) in [4.78, 5) is 11.9. The monoisotopic (exact) mass is 339 g/mol. The van der Waals surface area contributed by atoms with Crippen LogP contribution in [0.15, 0.2) is 10.7 Å². The van der Waals surface area contributed by atoms with E-state index in [1.54, 1.807) is 10.9 Å². The fraction of sp³-hybridized carbons (Fsp3) is 0.462. The van der Waals surface area contributed by atoms with Gasteiger partial charge in [-0.2, -0.15) is 10.2 Å². The largest absolute Gasteiger partial charge is 0.350 e. The van der Waals surface area contributed by atoms with E-state index in [2.05, 4.69) is 31.4 Å². The predicted molar refractivity (Wildman–Crippen MR) is 79.2 cm³/mol. The molecule has 2 aromatic heterocycles. The van der Waals surface area contributed by atoms with Crippen LogP contribution in [-0.2, 0) is 24.9 Å². The Bertz CT molecular complexity index is 624. The molecule has 108 valence electrons. The van der Waals surface area contributed by atoms with Gasteiger partial charge in [0.2, 0.25) is 5.91 Å². The van der Waals surface area contributed by atoms with E-state index >= 15 is 0 Å². The molecular formula is C13H18BrN5O. The molecule has 0 aliphatic rings. The fourth-order valence-electron chi connectivity index (χ4n) is 2.04. The van der Waals surface area contributed by atoms with E-state index in [4.69, 9.17) is 0 Å². The number of nitrogens with zero attached hydrogens (tertiary/aromatic N) is 4. The fourth-order valence-corrected chi connectivity index (χ4v) is 2.35. The van der Waals surface area contributed by atoms with Crippen LogP contribution >= 0.6 is 15.9 Å². The molecule has 0 atom stereocenters. The second-order valence-corrected chi connectivity index (χ2v) is 5.66. The summed E-state index contributed by atoms with van der Waals surface area (Å²) in [7, 11) is 1.90. The highest BCUT2D eigenvalue weighted by Gasteiger charge is 2.11. The van der Waals surface area contributed by atoms with Gasteiger partial charge in [-0.05, 0) is 36.7 Å². The average molecular weight is 340 g/mol. The lowest BCUT2D eigenvalue weighted by Crippen LogP contribution is -2.27. The molecule has 0 fully saturated rings. The average Bonchev–Trinajstić information content (AvgIpc) is 2.79. The lowest BCUT2D eigenvalue weighted by molar-refractivity contribution is -0.122. The Labute approximate surface area is 126 Å². The maximum Gasteiger partial charge on any atom is 0.242 e. The van der Waals surface area contributed by atoms with Gasteiger partial charge in [0.05, 0.1) is 15.9 Å². The van der Waals surface area contributed by atoms with Gasteiger partial charge >= 0.3 is 0 Å². The minimum absolute atomic E-state index is 0.0670. The second-order valence-electron chi connectivity index (χ2n) is 4.81. The molecule has 0 aromatic carbocycles. The van der Waals surface area contributed by atoms with Gasteiger partial charge in [-0.25, -0.2) is 0 Å². The number of nitrogens with one attached hydrogen (secondary N) is 1. The van der Waals surface area contributed by atoms with Crippen LogP contribution in [0.2, 0.25) is 0 Å². The third-order valence-corrected chi connectivity index (χ3v) is 4.09. The first-order valence-corrected chi connectivity index (χ1v) is 7.13. The van der Waals surface area contributed by atoms with Gasteiger partial charge in [0.25, 0.3) is 0 Å². The number of rotatable bonds is 4. The number of amides is 1. The van der Waals surface area contributed by atoms with E-state index < -0.39 is 0 Å². The normalized spacial score (nSPS) is 10.8. The number of aromatic nitrogens is 4. The lowest BCUT2D eigenvalue weighted by atomic mass is 10.2. The number of carbonyl (C=O) groups is 1. The third kappa shape index (κ3) is 3.09. The quantitative estimate of drug-likeness (QED) is 0.920. The summed E-state index contributed by atoms with van der Waals surface area (Å²) in [5.41, 5.74) is 3.96. The van der Waals surface area contributed by atoms with Gasteiger partial charge in [0.15, 0.2) is 0 Å². The van der Waals surface area contributed by atoms with Gasteiger partial charge in [0.1, 0.15) is 6.54 Å². The zero-order valence-electron chi connectivity index (χ0n) is 12.1.